The third-order valence-electron chi connectivity index (χ3n) is 8.37. The first-order valence-electron chi connectivity index (χ1n) is 13.2. The minimum absolute atomic E-state index is 0.0743. The number of ether oxygens (including phenoxy) is 1. The predicted molar refractivity (Wildman–Crippen MR) is 146 cm³/mol. The van der Waals surface area contributed by atoms with E-state index in [2.05, 4.69) is 9.84 Å². The monoisotopic (exact) mass is 529 g/mol. The number of amides is 1. The summed E-state index contributed by atoms with van der Waals surface area (Å²) in [5.74, 6) is -0.863. The number of methoxy groups -OCH3 is 1. The fourth-order valence-electron chi connectivity index (χ4n) is 6.55. The van der Waals surface area contributed by atoms with Crippen LogP contribution in [-0.4, -0.2) is 28.8 Å². The molecule has 6 nitrogen and oxygen atoms in total. The zero-order chi connectivity index (χ0) is 27.3. The van der Waals surface area contributed by atoms with Crippen molar-refractivity contribution in [2.75, 3.05) is 12.0 Å². The van der Waals surface area contributed by atoms with Crippen LogP contribution < -0.4 is 4.90 Å². The van der Waals surface area contributed by atoms with Crippen molar-refractivity contribution < 1.29 is 23.1 Å². The minimum Gasteiger partial charge on any atom is -0.466 e. The zero-order valence-electron chi connectivity index (χ0n) is 21.9. The summed E-state index contributed by atoms with van der Waals surface area (Å²) >= 11 is 0. The number of aromatic nitrogens is 2. The maximum atomic E-state index is 16.0. The van der Waals surface area contributed by atoms with Gasteiger partial charge < -0.3 is 9.64 Å². The molecule has 2 aliphatic rings. The molecule has 2 bridgehead atoms. The number of esters is 1. The normalized spacial score (nSPS) is 20.4. The van der Waals surface area contributed by atoms with Crippen LogP contribution in [0.15, 0.2) is 54.7 Å². The van der Waals surface area contributed by atoms with Crippen LogP contribution in [0.3, 0.4) is 0 Å². The molecule has 200 valence electrons. The van der Waals surface area contributed by atoms with Gasteiger partial charge in [-0.1, -0.05) is 24.6 Å². The molecule has 1 aromatic heterocycles. The Morgan fingerprint density at radius 1 is 1.13 bits per heavy atom. The summed E-state index contributed by atoms with van der Waals surface area (Å²) in [6.07, 6.45) is 8.32. The van der Waals surface area contributed by atoms with E-state index >= 15 is 4.39 Å². The lowest BCUT2D eigenvalue weighted by molar-refractivity contribution is -0.134. The summed E-state index contributed by atoms with van der Waals surface area (Å²) in [5, 5.41) is 6.03. The number of aryl methyl sites for hydroxylation is 1. The van der Waals surface area contributed by atoms with Gasteiger partial charge in [0.05, 0.1) is 19.9 Å². The van der Waals surface area contributed by atoms with Gasteiger partial charge in [0.15, 0.2) is 5.82 Å². The molecule has 2 fully saturated rings. The van der Waals surface area contributed by atoms with Gasteiger partial charge in [-0.2, -0.15) is 5.10 Å². The molecule has 0 spiro atoms. The Balaban J connectivity index is 1.46. The summed E-state index contributed by atoms with van der Waals surface area (Å²) in [6.45, 7) is 0.0773. The standard InChI is InChI=1S/C31H29F2N3O3/c1-35-30-23(16-34-35)14-21-4-3-5-22(28(21)29(30)33)17-36(31(38)26-13-18-6-8-20(26)10-18)25-12-19(11-24(32)15-25)7-9-27(37)39-2/h3-5,7,9,11-12,14-16,18,20,26H,6,8,10,13,17H2,1-2H3/b9-7+/t18-,20+,26?/m0/s1. The van der Waals surface area contributed by atoms with Gasteiger partial charge in [-0.15, -0.1) is 0 Å². The second-order valence-corrected chi connectivity index (χ2v) is 10.7. The van der Waals surface area contributed by atoms with Gasteiger partial charge in [-0.25, -0.2) is 13.6 Å². The minimum atomic E-state index is -0.566. The molecule has 3 aromatic carbocycles. The van der Waals surface area contributed by atoms with Crippen molar-refractivity contribution in [2.24, 2.45) is 24.8 Å². The Bertz CT molecular complexity index is 1640. The lowest BCUT2D eigenvalue weighted by Crippen LogP contribution is -2.38. The molecule has 2 aliphatic carbocycles. The van der Waals surface area contributed by atoms with Crippen LogP contribution >= 0.6 is 0 Å². The summed E-state index contributed by atoms with van der Waals surface area (Å²) in [5.41, 5.74) is 1.80. The first-order chi connectivity index (χ1) is 18.8. The number of fused-ring (bicyclic) bond motifs is 4. The van der Waals surface area contributed by atoms with E-state index in [-0.39, 0.29) is 18.4 Å². The van der Waals surface area contributed by atoms with Gasteiger partial charge >= 0.3 is 5.97 Å². The molecule has 8 heteroatoms. The molecule has 0 N–H and O–H groups in total. The van der Waals surface area contributed by atoms with E-state index in [1.807, 2.05) is 24.3 Å². The topological polar surface area (TPSA) is 64.4 Å². The van der Waals surface area contributed by atoms with Crippen molar-refractivity contribution in [1.29, 1.82) is 0 Å². The number of benzene rings is 3. The molecular weight excluding hydrogens is 500 g/mol. The average Bonchev–Trinajstić information content (AvgIpc) is 3.66. The smallest absolute Gasteiger partial charge is 0.330 e. The van der Waals surface area contributed by atoms with Crippen molar-refractivity contribution in [1.82, 2.24) is 9.78 Å². The van der Waals surface area contributed by atoms with Crippen LogP contribution in [0, 0.1) is 29.4 Å². The van der Waals surface area contributed by atoms with Gasteiger partial charge in [0, 0.05) is 35.5 Å². The van der Waals surface area contributed by atoms with E-state index < -0.39 is 17.6 Å². The second kappa shape index (κ2) is 9.91. The van der Waals surface area contributed by atoms with Crippen molar-refractivity contribution in [2.45, 2.75) is 32.2 Å². The molecule has 2 saturated carbocycles. The van der Waals surface area contributed by atoms with E-state index in [1.165, 1.54) is 36.1 Å². The van der Waals surface area contributed by atoms with Gasteiger partial charge in [0.1, 0.15) is 11.3 Å². The maximum absolute atomic E-state index is 16.0. The lowest BCUT2D eigenvalue weighted by atomic mass is 9.87. The first kappa shape index (κ1) is 25.2. The molecule has 0 radical (unpaired) electrons. The number of rotatable bonds is 6. The van der Waals surface area contributed by atoms with E-state index in [1.54, 1.807) is 24.2 Å². The number of anilines is 1. The van der Waals surface area contributed by atoms with E-state index in [0.29, 0.717) is 50.3 Å². The first-order valence-corrected chi connectivity index (χ1v) is 13.2. The average molecular weight is 530 g/mol. The molecule has 4 aromatic rings. The fraction of sp³-hybridized carbons (Fsp3) is 0.323. The highest BCUT2D eigenvalue weighted by Gasteiger charge is 2.44. The van der Waals surface area contributed by atoms with Crippen molar-refractivity contribution in [3.05, 3.63) is 77.5 Å². The van der Waals surface area contributed by atoms with Crippen molar-refractivity contribution in [3.8, 4) is 0 Å². The third kappa shape index (κ3) is 4.58. The number of carbonyl (C=O) groups excluding carboxylic acids is 2. The maximum Gasteiger partial charge on any atom is 0.330 e. The van der Waals surface area contributed by atoms with E-state index in [4.69, 9.17) is 0 Å². The van der Waals surface area contributed by atoms with E-state index in [9.17, 15) is 14.0 Å². The van der Waals surface area contributed by atoms with Gasteiger partial charge in [0.2, 0.25) is 5.91 Å². The number of hydrogen-bond acceptors (Lipinski definition) is 4. The molecule has 6 rings (SSSR count). The van der Waals surface area contributed by atoms with Gasteiger partial charge in [-0.05, 0) is 78.0 Å². The SMILES string of the molecule is COC(=O)/C=C/c1cc(F)cc(N(Cc2cccc3cc4cnn(C)c4c(F)c23)C(=O)C2C[C@H]3CC[C@@H]2C3)c1. The van der Waals surface area contributed by atoms with Crippen LogP contribution in [-0.2, 0) is 27.9 Å². The van der Waals surface area contributed by atoms with Crippen LogP contribution in [0.4, 0.5) is 14.5 Å². The number of halogens is 2. The summed E-state index contributed by atoms with van der Waals surface area (Å²) in [4.78, 5) is 27.3. The number of carbonyl (C=O) groups is 2. The number of nitrogens with zero attached hydrogens (tertiary/aromatic N) is 3. The third-order valence-corrected chi connectivity index (χ3v) is 8.37. The van der Waals surface area contributed by atoms with Crippen LogP contribution in [0.2, 0.25) is 0 Å². The summed E-state index contributed by atoms with van der Waals surface area (Å²) in [7, 11) is 2.96. The van der Waals surface area contributed by atoms with Crippen molar-refractivity contribution in [3.63, 3.8) is 0 Å². The molecule has 3 atom stereocenters. The predicted octanol–water partition coefficient (Wildman–Crippen LogP) is 6.16. The Hall–Kier alpha value is -4.07. The molecule has 39 heavy (non-hydrogen) atoms. The largest absolute Gasteiger partial charge is 0.466 e. The molecule has 1 amide bonds. The summed E-state index contributed by atoms with van der Waals surface area (Å²) < 4.78 is 37.0. The fourth-order valence-corrected chi connectivity index (χ4v) is 6.55. The molecular formula is C31H29F2N3O3. The second-order valence-electron chi connectivity index (χ2n) is 10.7. The molecule has 1 unspecified atom stereocenters. The highest BCUT2D eigenvalue weighted by atomic mass is 19.1. The lowest BCUT2D eigenvalue weighted by Gasteiger charge is -2.30. The Morgan fingerprint density at radius 3 is 2.72 bits per heavy atom. The molecule has 0 saturated heterocycles. The Kier molecular flexibility index (Phi) is 6.41. The Labute approximate surface area is 224 Å². The van der Waals surface area contributed by atoms with Crippen LogP contribution in [0.25, 0.3) is 27.8 Å². The van der Waals surface area contributed by atoms with Gasteiger partial charge in [0.25, 0.3) is 0 Å². The quantitative estimate of drug-likeness (QED) is 0.222. The molecule has 0 aliphatic heterocycles. The summed E-state index contributed by atoms with van der Waals surface area (Å²) in [6, 6.07) is 11.7. The van der Waals surface area contributed by atoms with Crippen LogP contribution in [0.1, 0.15) is 36.8 Å². The molecule has 1 heterocycles. The zero-order valence-corrected chi connectivity index (χ0v) is 21.9. The van der Waals surface area contributed by atoms with E-state index in [0.717, 1.165) is 25.7 Å². The Morgan fingerprint density at radius 2 is 1.97 bits per heavy atom. The number of hydrogen-bond donors (Lipinski definition) is 0. The highest BCUT2D eigenvalue weighted by molar-refractivity contribution is 6.01. The van der Waals surface area contributed by atoms with Crippen molar-refractivity contribution >= 4 is 45.3 Å². The highest BCUT2D eigenvalue weighted by Crippen LogP contribution is 2.49. The van der Waals surface area contributed by atoms with Gasteiger partial charge in [-0.3, -0.25) is 9.48 Å². The van der Waals surface area contributed by atoms with Crippen LogP contribution in [0.5, 0.6) is 0 Å².